The lowest BCUT2D eigenvalue weighted by atomic mass is 9.96. The highest BCUT2D eigenvalue weighted by atomic mass is 35.5. The number of hydrogen-bond acceptors (Lipinski definition) is 8. The van der Waals surface area contributed by atoms with Gasteiger partial charge in [0, 0.05) is 19.3 Å². The Labute approximate surface area is 249 Å². The van der Waals surface area contributed by atoms with Gasteiger partial charge in [0.15, 0.2) is 0 Å². The first-order valence-corrected chi connectivity index (χ1v) is 15.8. The maximum absolute atomic E-state index is 13.1. The van der Waals surface area contributed by atoms with E-state index in [0.717, 1.165) is 6.26 Å². The minimum atomic E-state index is -3.47. The second kappa shape index (κ2) is 12.5. The quantitative estimate of drug-likeness (QED) is 0.277. The molecule has 214 valence electrons. The number of carbonyl (C=O) groups excluding carboxylic acids is 2. The predicted octanol–water partition coefficient (Wildman–Crippen LogP) is 4.27. The molecule has 0 saturated heterocycles. The summed E-state index contributed by atoms with van der Waals surface area (Å²) in [6, 6.07) is 6.49. The Bertz CT molecular complexity index is 1570. The van der Waals surface area contributed by atoms with Crippen molar-refractivity contribution in [3.8, 4) is 0 Å². The van der Waals surface area contributed by atoms with E-state index in [0.29, 0.717) is 39.1 Å². The molecule has 3 N–H and O–H groups in total. The highest BCUT2D eigenvalue weighted by Crippen LogP contribution is 2.35. The molecule has 1 aliphatic rings. The van der Waals surface area contributed by atoms with Gasteiger partial charge in [0.25, 0.3) is 11.8 Å². The Morgan fingerprint density at radius 3 is 2.55 bits per heavy atom. The fraction of sp³-hybridized carbons (Fsp3) is 0.320. The largest absolute Gasteiger partial charge is 0.480 e. The summed E-state index contributed by atoms with van der Waals surface area (Å²) in [7, 11) is -3.47. The van der Waals surface area contributed by atoms with Gasteiger partial charge in [-0.2, -0.15) is 0 Å². The van der Waals surface area contributed by atoms with Crippen molar-refractivity contribution in [2.75, 3.05) is 19.3 Å². The van der Waals surface area contributed by atoms with E-state index in [1.54, 1.807) is 23.1 Å². The molecule has 1 atom stereocenters. The minimum Gasteiger partial charge on any atom is -0.480 e. The molecule has 0 bridgehead atoms. The summed E-state index contributed by atoms with van der Waals surface area (Å²) in [6.45, 7) is 0.957. The van der Waals surface area contributed by atoms with Crippen LogP contribution in [-0.2, 0) is 34.1 Å². The number of halogens is 3. The van der Waals surface area contributed by atoms with Crippen LogP contribution in [0.15, 0.2) is 39.8 Å². The summed E-state index contributed by atoms with van der Waals surface area (Å²) in [4.78, 5) is 39.9. The predicted molar refractivity (Wildman–Crippen MR) is 151 cm³/mol. The smallest absolute Gasteiger partial charge is 0.326 e. The van der Waals surface area contributed by atoms with E-state index in [4.69, 9.17) is 39.2 Å². The average Bonchev–Trinajstić information content (AvgIpc) is 3.54. The third kappa shape index (κ3) is 6.99. The van der Waals surface area contributed by atoms with Gasteiger partial charge in [-0.25, -0.2) is 13.2 Å². The molecule has 0 fully saturated rings. The number of amides is 2. The summed E-state index contributed by atoms with van der Waals surface area (Å²) in [5.74, 6) is -1.79. The maximum atomic E-state index is 13.1. The normalized spacial score (nSPS) is 14.1. The van der Waals surface area contributed by atoms with Crippen LogP contribution in [0, 0.1) is 0 Å². The van der Waals surface area contributed by atoms with Crippen molar-refractivity contribution in [2.45, 2.75) is 37.1 Å². The maximum Gasteiger partial charge on any atom is 0.326 e. The van der Waals surface area contributed by atoms with Crippen molar-refractivity contribution >= 4 is 73.8 Å². The summed E-state index contributed by atoms with van der Waals surface area (Å²) < 4.78 is 28.8. The summed E-state index contributed by atoms with van der Waals surface area (Å²) in [6.07, 6.45) is 1.43. The van der Waals surface area contributed by atoms with E-state index in [1.165, 1.54) is 23.5 Å². The highest BCUT2D eigenvalue weighted by Gasteiger charge is 2.30. The van der Waals surface area contributed by atoms with Gasteiger partial charge in [0.1, 0.15) is 11.8 Å². The lowest BCUT2D eigenvalue weighted by molar-refractivity contribution is -0.139. The van der Waals surface area contributed by atoms with Crippen LogP contribution in [0.25, 0.3) is 0 Å². The van der Waals surface area contributed by atoms with Gasteiger partial charge in [-0.1, -0.05) is 34.8 Å². The van der Waals surface area contributed by atoms with Crippen molar-refractivity contribution in [1.29, 1.82) is 0 Å². The van der Waals surface area contributed by atoms with Crippen LogP contribution in [0.1, 0.15) is 43.3 Å². The SMILES string of the molecule is CS(=O)(=O)c1ccc(CNCCC(NC(=O)c2c(Cl)cc3c(c2Cl)CCN(C(=O)c2ccc(Cl)s2)C3)C(=O)O)o1. The molecule has 0 radical (unpaired) electrons. The number of thiophene rings is 1. The molecule has 0 saturated carbocycles. The number of sulfone groups is 1. The number of benzene rings is 1. The van der Waals surface area contributed by atoms with E-state index >= 15 is 0 Å². The van der Waals surface area contributed by atoms with Gasteiger partial charge in [-0.05, 0) is 60.8 Å². The second-order valence-corrected chi connectivity index (χ2v) is 13.5. The molecule has 2 aromatic heterocycles. The molecule has 1 aromatic carbocycles. The Balaban J connectivity index is 1.39. The van der Waals surface area contributed by atoms with Gasteiger partial charge in [0.2, 0.25) is 14.9 Å². The van der Waals surface area contributed by atoms with Crippen molar-refractivity contribution in [3.63, 3.8) is 0 Å². The van der Waals surface area contributed by atoms with Crippen LogP contribution >= 0.6 is 46.1 Å². The first-order valence-electron chi connectivity index (χ1n) is 11.9. The summed E-state index contributed by atoms with van der Waals surface area (Å²) in [5, 5.41) is 15.1. The molecule has 1 unspecified atom stereocenters. The molecule has 3 heterocycles. The van der Waals surface area contributed by atoms with Crippen LogP contribution in [0.3, 0.4) is 0 Å². The summed E-state index contributed by atoms with van der Waals surface area (Å²) >= 11 is 20.2. The third-order valence-electron chi connectivity index (χ3n) is 6.22. The first-order chi connectivity index (χ1) is 18.8. The van der Waals surface area contributed by atoms with Gasteiger partial charge in [-0.15, -0.1) is 11.3 Å². The third-order valence-corrected chi connectivity index (χ3v) is 9.10. The van der Waals surface area contributed by atoms with Crippen LogP contribution < -0.4 is 10.6 Å². The lowest BCUT2D eigenvalue weighted by Gasteiger charge is -2.30. The van der Waals surface area contributed by atoms with Crippen LogP contribution in [0.2, 0.25) is 14.4 Å². The van der Waals surface area contributed by atoms with Crippen molar-refractivity contribution in [2.24, 2.45) is 0 Å². The van der Waals surface area contributed by atoms with Crippen LogP contribution in [-0.4, -0.2) is 61.6 Å². The first kappa shape index (κ1) is 30.4. The molecule has 0 spiro atoms. The Morgan fingerprint density at radius 2 is 1.93 bits per heavy atom. The van der Waals surface area contributed by atoms with E-state index in [9.17, 15) is 27.9 Å². The molecule has 40 heavy (non-hydrogen) atoms. The molecule has 4 rings (SSSR count). The van der Waals surface area contributed by atoms with E-state index in [-0.39, 0.29) is 52.7 Å². The number of carboxylic acid groups (broad SMARTS) is 1. The number of carboxylic acids is 1. The second-order valence-electron chi connectivity index (χ2n) is 9.09. The molecule has 3 aromatic rings. The van der Waals surface area contributed by atoms with Crippen LogP contribution in [0.5, 0.6) is 0 Å². The van der Waals surface area contributed by atoms with Crippen molar-refractivity contribution in [3.05, 3.63) is 72.0 Å². The monoisotopic (exact) mass is 647 g/mol. The van der Waals surface area contributed by atoms with Crippen LogP contribution in [0.4, 0.5) is 0 Å². The molecule has 2 amide bonds. The van der Waals surface area contributed by atoms with Gasteiger partial charge < -0.3 is 25.1 Å². The fourth-order valence-electron chi connectivity index (χ4n) is 4.22. The molecule has 1 aliphatic heterocycles. The Morgan fingerprint density at radius 1 is 1.18 bits per heavy atom. The molecular formula is C25H24Cl3N3O7S2. The van der Waals surface area contributed by atoms with E-state index < -0.39 is 27.8 Å². The Hall–Kier alpha value is -2.61. The van der Waals surface area contributed by atoms with Gasteiger partial charge >= 0.3 is 5.97 Å². The standard InChI is InChI=1S/C25H24Cl3N3O7S2/c1-40(36,37)20-5-2-14(38-20)11-29-8-6-17(25(34)35)30-23(32)21-16(26)10-13-12-31(9-7-15(13)22(21)28)24(33)18-3-4-19(27)39-18/h2-5,10,17,29H,6-9,11-12H2,1H3,(H,30,32)(H,34,35). The van der Waals surface area contributed by atoms with E-state index in [1.807, 2.05) is 0 Å². The zero-order chi connectivity index (χ0) is 29.2. The summed E-state index contributed by atoms with van der Waals surface area (Å²) in [5.41, 5.74) is 1.34. The Kier molecular flexibility index (Phi) is 9.48. The number of aliphatic carboxylic acids is 1. The zero-order valence-electron chi connectivity index (χ0n) is 21.0. The van der Waals surface area contributed by atoms with Crippen molar-refractivity contribution < 1.29 is 32.3 Å². The number of fused-ring (bicyclic) bond motifs is 1. The van der Waals surface area contributed by atoms with Crippen molar-refractivity contribution in [1.82, 2.24) is 15.5 Å². The molecule has 10 nitrogen and oxygen atoms in total. The molecule has 15 heteroatoms. The zero-order valence-corrected chi connectivity index (χ0v) is 24.9. The highest BCUT2D eigenvalue weighted by molar-refractivity contribution is 7.90. The lowest BCUT2D eigenvalue weighted by Crippen LogP contribution is -2.43. The topological polar surface area (TPSA) is 146 Å². The molecule has 0 aliphatic carbocycles. The fourth-order valence-corrected chi connectivity index (χ4v) is 6.57. The number of furan rings is 1. The minimum absolute atomic E-state index is 0.0186. The van der Waals surface area contributed by atoms with Gasteiger partial charge in [0.05, 0.1) is 31.4 Å². The average molecular weight is 649 g/mol. The number of hydrogen-bond donors (Lipinski definition) is 3. The van der Waals surface area contributed by atoms with Gasteiger partial charge in [-0.3, -0.25) is 9.59 Å². The number of carbonyl (C=O) groups is 3. The number of rotatable bonds is 10. The number of nitrogens with zero attached hydrogens (tertiary/aromatic N) is 1. The van der Waals surface area contributed by atoms with E-state index in [2.05, 4.69) is 10.6 Å². The number of nitrogens with one attached hydrogen (secondary N) is 2. The molecular weight excluding hydrogens is 625 g/mol.